The molecule has 296 valence electrons. The molecular weight excluding hydrogens is 728 g/mol. The summed E-state index contributed by atoms with van der Waals surface area (Å²) in [4.78, 5) is 35.7. The number of nitrogens with zero attached hydrogens (tertiary/aromatic N) is 2. The summed E-state index contributed by atoms with van der Waals surface area (Å²) in [5.74, 6) is -7.33. The highest BCUT2D eigenvalue weighted by Crippen LogP contribution is 2.54. The molecule has 3 heterocycles. The fraction of sp³-hybridized carbons (Fsp3) is 0.375. The largest absolute Gasteiger partial charge is 0.508 e. The van der Waals surface area contributed by atoms with E-state index in [2.05, 4.69) is 9.97 Å². The number of aliphatic hydroxyl groups excluding tert-OH is 4. The lowest BCUT2D eigenvalue weighted by molar-refractivity contribution is -0.422. The first-order valence-corrected chi connectivity index (χ1v) is 18.2. The van der Waals surface area contributed by atoms with Gasteiger partial charge in [0, 0.05) is 53.4 Å². The standard InChI is InChI=1S/C40H44N4O12/c41-32-7-4-12-39(32,23-5-2-1-3-6-23)17-26-25-15-29(47)30(55-40(54)37(51)36(50)35(49)31(19-45)56-40)16-27(25)44(34(26)38(52)53)33(48)11-9-21-8-10-28(46)22(13-21)14-24-18-42-20-43-24/h1-3,5-6,8-11,13,15-16,18,20,26,31-32,34-37,45-47,49-51,54H,4,7,12,14,17,19,41H2,(H,42,43)(H,52,53). The van der Waals surface area contributed by atoms with E-state index >= 15 is 0 Å². The van der Waals surface area contributed by atoms with Crippen LogP contribution in [0.1, 0.15) is 59.5 Å². The van der Waals surface area contributed by atoms with Crippen molar-refractivity contribution in [3.8, 4) is 17.2 Å². The Bertz CT molecular complexity index is 2100. The molecule has 1 saturated heterocycles. The predicted octanol–water partition coefficient (Wildman–Crippen LogP) is 1.35. The first kappa shape index (κ1) is 38.9. The second kappa shape index (κ2) is 15.3. The maximum Gasteiger partial charge on any atom is 0.355 e. The number of carbonyl (C=O) groups is 2. The molecule has 1 aromatic heterocycles. The first-order chi connectivity index (χ1) is 26.8. The van der Waals surface area contributed by atoms with Gasteiger partial charge in [-0.2, -0.15) is 0 Å². The monoisotopic (exact) mass is 772 g/mol. The molecule has 3 aliphatic rings. The van der Waals surface area contributed by atoms with Gasteiger partial charge in [-0.15, -0.1) is 0 Å². The number of benzene rings is 3. The van der Waals surface area contributed by atoms with Crippen LogP contribution in [0.2, 0.25) is 0 Å². The Labute approximate surface area is 320 Å². The lowest BCUT2D eigenvalue weighted by atomic mass is 9.68. The van der Waals surface area contributed by atoms with E-state index in [0.29, 0.717) is 30.4 Å². The zero-order valence-electron chi connectivity index (χ0n) is 30.0. The van der Waals surface area contributed by atoms with Crippen LogP contribution in [0.3, 0.4) is 0 Å². The number of nitrogens with two attached hydrogens (primary N) is 1. The number of aromatic amines is 1. The Morgan fingerprint density at radius 2 is 1.82 bits per heavy atom. The molecule has 16 nitrogen and oxygen atoms in total. The number of hydrogen-bond acceptors (Lipinski definition) is 13. The van der Waals surface area contributed by atoms with Crippen molar-refractivity contribution in [3.63, 3.8) is 0 Å². The number of carboxylic acid groups (broad SMARTS) is 1. The van der Waals surface area contributed by atoms with Gasteiger partial charge in [-0.1, -0.05) is 42.8 Å². The number of ether oxygens (including phenoxy) is 2. The van der Waals surface area contributed by atoms with Crippen LogP contribution in [0.25, 0.3) is 6.08 Å². The first-order valence-electron chi connectivity index (χ1n) is 18.2. The quantitative estimate of drug-likeness (QED) is 0.0762. The SMILES string of the molecule is NC1CCCC1(CC1c2cc(O)c(OC3(O)OC(CO)C(O)C(O)C3O)cc2N(C(=O)C=Cc2ccc(O)c(Cc3cnc[nH]3)c2)C1C(=O)O)c1ccccc1. The molecule has 11 N–H and O–H groups in total. The lowest BCUT2D eigenvalue weighted by Gasteiger charge is -2.44. The number of phenolic OH excluding ortho intramolecular Hbond substituents is 2. The lowest BCUT2D eigenvalue weighted by Crippen LogP contribution is -2.67. The van der Waals surface area contributed by atoms with Crippen LogP contribution < -0.4 is 15.4 Å². The van der Waals surface area contributed by atoms with Crippen molar-refractivity contribution in [1.29, 1.82) is 0 Å². The van der Waals surface area contributed by atoms with Gasteiger partial charge in [0.2, 0.25) is 0 Å². The molecule has 2 fully saturated rings. The van der Waals surface area contributed by atoms with Crippen LogP contribution in [0.4, 0.5) is 5.69 Å². The summed E-state index contributed by atoms with van der Waals surface area (Å²) in [6, 6.07) is 14.7. The van der Waals surface area contributed by atoms with E-state index in [1.54, 1.807) is 18.3 Å². The zero-order valence-corrected chi connectivity index (χ0v) is 30.0. The van der Waals surface area contributed by atoms with E-state index in [9.17, 15) is 50.4 Å². The molecule has 4 aromatic rings. The second-order valence-electron chi connectivity index (χ2n) is 14.7. The van der Waals surface area contributed by atoms with Gasteiger partial charge in [0.25, 0.3) is 5.91 Å². The normalized spacial score (nSPS) is 30.1. The fourth-order valence-corrected chi connectivity index (χ4v) is 8.46. The summed E-state index contributed by atoms with van der Waals surface area (Å²) in [5.41, 5.74) is 9.10. The molecule has 1 amide bonds. The molecule has 56 heavy (non-hydrogen) atoms. The van der Waals surface area contributed by atoms with Crippen molar-refractivity contribution in [2.24, 2.45) is 5.73 Å². The third-order valence-corrected chi connectivity index (χ3v) is 11.3. The van der Waals surface area contributed by atoms with Crippen molar-refractivity contribution >= 4 is 23.6 Å². The van der Waals surface area contributed by atoms with Crippen molar-refractivity contribution in [2.75, 3.05) is 11.5 Å². The average Bonchev–Trinajstić information content (AvgIpc) is 3.91. The number of carbonyl (C=O) groups excluding carboxylic acids is 1. The maximum absolute atomic E-state index is 14.3. The molecule has 0 radical (unpaired) electrons. The molecule has 2 aliphatic heterocycles. The van der Waals surface area contributed by atoms with E-state index in [0.717, 1.165) is 28.6 Å². The van der Waals surface area contributed by atoms with Crippen LogP contribution in [0, 0.1) is 0 Å². The number of anilines is 1. The highest BCUT2D eigenvalue weighted by atomic mass is 16.8. The number of amides is 1. The molecule has 16 heteroatoms. The number of aliphatic hydroxyl groups is 5. The Kier molecular flexibility index (Phi) is 10.6. The number of hydrogen-bond donors (Lipinski definition) is 10. The number of aliphatic carboxylic acids is 1. The molecule has 1 saturated carbocycles. The minimum Gasteiger partial charge on any atom is -0.508 e. The van der Waals surface area contributed by atoms with E-state index in [4.69, 9.17) is 15.2 Å². The molecule has 0 bridgehead atoms. The van der Waals surface area contributed by atoms with Crippen molar-refractivity contribution in [3.05, 3.63) is 107 Å². The van der Waals surface area contributed by atoms with Gasteiger partial charge in [-0.25, -0.2) is 9.78 Å². The van der Waals surface area contributed by atoms with Gasteiger partial charge < -0.3 is 61.0 Å². The number of phenols is 2. The van der Waals surface area contributed by atoms with Gasteiger partial charge >= 0.3 is 11.9 Å². The summed E-state index contributed by atoms with van der Waals surface area (Å²) < 4.78 is 10.8. The number of carboxylic acids is 1. The fourth-order valence-electron chi connectivity index (χ4n) is 8.46. The van der Waals surface area contributed by atoms with Crippen LogP contribution in [-0.4, -0.2) is 112 Å². The molecule has 9 atom stereocenters. The second-order valence-corrected chi connectivity index (χ2v) is 14.7. The molecule has 1 aliphatic carbocycles. The zero-order chi connectivity index (χ0) is 39.9. The number of nitrogens with one attached hydrogen (secondary N) is 1. The van der Waals surface area contributed by atoms with Gasteiger partial charge in [-0.05, 0) is 60.2 Å². The molecule has 0 spiro atoms. The number of H-pyrrole nitrogens is 1. The highest BCUT2D eigenvalue weighted by Gasteiger charge is 2.56. The Hall–Kier alpha value is -5.33. The molecule has 9 unspecified atom stereocenters. The number of aromatic nitrogens is 2. The Morgan fingerprint density at radius 1 is 1.05 bits per heavy atom. The summed E-state index contributed by atoms with van der Waals surface area (Å²) >= 11 is 0. The summed E-state index contributed by atoms with van der Waals surface area (Å²) in [7, 11) is 0. The van der Waals surface area contributed by atoms with Crippen molar-refractivity contribution in [2.45, 2.75) is 85.9 Å². The molecule has 3 aromatic carbocycles. The topological polar surface area (TPSA) is 272 Å². The summed E-state index contributed by atoms with van der Waals surface area (Å²) in [6.45, 7) is -0.889. The maximum atomic E-state index is 14.3. The van der Waals surface area contributed by atoms with E-state index < -0.39 is 77.7 Å². The summed E-state index contributed by atoms with van der Waals surface area (Å²) in [5, 5.41) is 84.9. The third kappa shape index (κ3) is 7.00. The minimum absolute atomic E-state index is 0.00143. The van der Waals surface area contributed by atoms with Gasteiger partial charge in [-0.3, -0.25) is 9.69 Å². The minimum atomic E-state index is -3.11. The number of fused-ring (bicyclic) bond motifs is 1. The van der Waals surface area contributed by atoms with Gasteiger partial charge in [0.15, 0.2) is 17.6 Å². The van der Waals surface area contributed by atoms with Crippen molar-refractivity contribution < 1.29 is 59.9 Å². The average molecular weight is 773 g/mol. The van der Waals surface area contributed by atoms with E-state index in [1.165, 1.54) is 30.6 Å². The Morgan fingerprint density at radius 3 is 2.48 bits per heavy atom. The molecular formula is C40H44N4O12. The van der Waals surface area contributed by atoms with E-state index in [1.807, 2.05) is 30.3 Å². The van der Waals surface area contributed by atoms with Gasteiger partial charge in [0.05, 0.1) is 18.6 Å². The predicted molar refractivity (Wildman–Crippen MR) is 198 cm³/mol. The third-order valence-electron chi connectivity index (χ3n) is 11.3. The van der Waals surface area contributed by atoms with Crippen molar-refractivity contribution in [1.82, 2.24) is 9.97 Å². The van der Waals surface area contributed by atoms with Gasteiger partial charge in [0.1, 0.15) is 30.1 Å². The van der Waals surface area contributed by atoms with E-state index in [-0.39, 0.29) is 29.5 Å². The number of aromatic hydroxyl groups is 2. The smallest absolute Gasteiger partial charge is 0.355 e. The van der Waals surface area contributed by atoms with Crippen LogP contribution in [-0.2, 0) is 26.2 Å². The van der Waals surface area contributed by atoms with Crippen LogP contribution in [0.15, 0.2) is 79.3 Å². The van der Waals surface area contributed by atoms with Crippen LogP contribution >= 0.6 is 0 Å². The number of imidazole rings is 1. The molecule has 7 rings (SSSR count). The summed E-state index contributed by atoms with van der Waals surface area (Å²) in [6.07, 6.45) is 0.620. The highest BCUT2D eigenvalue weighted by molar-refractivity contribution is 6.10. The Balaban J connectivity index is 1.30. The number of rotatable bonds is 11. The van der Waals surface area contributed by atoms with Crippen LogP contribution in [0.5, 0.6) is 17.2 Å².